The van der Waals surface area contributed by atoms with Gasteiger partial charge in [-0.2, -0.15) is 0 Å². The summed E-state index contributed by atoms with van der Waals surface area (Å²) in [6.07, 6.45) is 1.93. The topological polar surface area (TPSA) is 66.0 Å². The van der Waals surface area contributed by atoms with Crippen molar-refractivity contribution in [2.75, 3.05) is 33.8 Å². The second kappa shape index (κ2) is 12.0. The van der Waals surface area contributed by atoms with Gasteiger partial charge in [0.05, 0.1) is 6.54 Å². The Balaban J connectivity index is 0.00000363. The first-order chi connectivity index (χ1) is 14.9. The number of guanidine groups is 1. The zero-order valence-electron chi connectivity index (χ0n) is 18.9. The first-order valence-corrected chi connectivity index (χ1v) is 10.6. The zero-order chi connectivity index (χ0) is 22.3. The minimum atomic E-state index is -0.158. The lowest BCUT2D eigenvalue weighted by Gasteiger charge is -2.19. The van der Waals surface area contributed by atoms with Crippen LogP contribution in [0.15, 0.2) is 53.5 Å². The molecule has 0 radical (unpaired) electrons. The first kappa shape index (κ1) is 25.9. The van der Waals surface area contributed by atoms with Crippen molar-refractivity contribution in [3.05, 3.63) is 65.5 Å². The van der Waals surface area contributed by atoms with Crippen molar-refractivity contribution >= 4 is 35.8 Å². The molecule has 0 heterocycles. The van der Waals surface area contributed by atoms with Crippen LogP contribution in [0.2, 0.25) is 0 Å². The third kappa shape index (κ3) is 7.08. The third-order valence-corrected chi connectivity index (χ3v) is 5.42. The van der Waals surface area contributed by atoms with Gasteiger partial charge in [-0.3, -0.25) is 4.79 Å². The molecule has 1 amide bonds. The molecule has 174 valence electrons. The lowest BCUT2D eigenvalue weighted by Crippen LogP contribution is -2.41. The molecule has 0 aromatic heterocycles. The Morgan fingerprint density at radius 3 is 2.56 bits per heavy atom. The van der Waals surface area contributed by atoms with Crippen LogP contribution in [0.1, 0.15) is 30.9 Å². The van der Waals surface area contributed by atoms with E-state index < -0.39 is 0 Å². The number of halogens is 2. The molecule has 0 spiro atoms. The number of nitrogens with zero attached hydrogens (tertiary/aromatic N) is 2. The lowest BCUT2D eigenvalue weighted by atomic mass is 9.95. The number of ether oxygens (including phenoxy) is 1. The maximum absolute atomic E-state index is 14.3. The number of benzene rings is 2. The molecule has 0 aliphatic heterocycles. The molecule has 1 fully saturated rings. The number of likely N-dealkylation sites (N-methyl/N-ethyl adjacent to an activating group) is 1. The summed E-state index contributed by atoms with van der Waals surface area (Å²) >= 11 is 0. The molecule has 2 aromatic carbocycles. The van der Waals surface area contributed by atoms with E-state index in [1.165, 1.54) is 11.0 Å². The van der Waals surface area contributed by atoms with Gasteiger partial charge in [-0.25, -0.2) is 9.38 Å². The molecule has 2 aromatic rings. The fraction of sp³-hybridized carbons (Fsp3) is 0.417. The molecule has 0 saturated heterocycles. The molecule has 32 heavy (non-hydrogen) atoms. The number of aliphatic imine (C=N–C) groups is 1. The van der Waals surface area contributed by atoms with Gasteiger partial charge >= 0.3 is 0 Å². The van der Waals surface area contributed by atoms with E-state index in [1.54, 1.807) is 20.2 Å². The minimum Gasteiger partial charge on any atom is -0.484 e. The predicted octanol–water partition coefficient (Wildman–Crippen LogP) is 3.70. The van der Waals surface area contributed by atoms with Crippen molar-refractivity contribution in [1.29, 1.82) is 0 Å². The van der Waals surface area contributed by atoms with Gasteiger partial charge in [-0.15, -0.1) is 24.0 Å². The molecular formula is C24H32FIN4O2. The van der Waals surface area contributed by atoms with E-state index in [9.17, 15) is 9.18 Å². The molecular weight excluding hydrogens is 522 g/mol. The van der Waals surface area contributed by atoms with Crippen LogP contribution in [0.4, 0.5) is 4.39 Å². The van der Waals surface area contributed by atoms with E-state index >= 15 is 0 Å². The number of amides is 1. The number of rotatable bonds is 9. The Morgan fingerprint density at radius 2 is 1.91 bits per heavy atom. The number of hydrogen-bond donors (Lipinski definition) is 2. The van der Waals surface area contributed by atoms with E-state index in [-0.39, 0.29) is 47.7 Å². The molecule has 2 N–H and O–H groups in total. The minimum absolute atomic E-state index is 0. The predicted molar refractivity (Wildman–Crippen MR) is 136 cm³/mol. The summed E-state index contributed by atoms with van der Waals surface area (Å²) in [6.45, 7) is 3.84. The number of hydrogen-bond acceptors (Lipinski definition) is 3. The van der Waals surface area contributed by atoms with E-state index in [2.05, 4.69) is 15.6 Å². The Kier molecular flexibility index (Phi) is 9.74. The molecule has 1 aliphatic rings. The zero-order valence-corrected chi connectivity index (χ0v) is 21.2. The Morgan fingerprint density at radius 1 is 1.16 bits per heavy atom. The largest absolute Gasteiger partial charge is 0.484 e. The summed E-state index contributed by atoms with van der Waals surface area (Å²) in [5.74, 6) is 1.09. The number of nitrogens with one attached hydrogen (secondary N) is 2. The van der Waals surface area contributed by atoms with Gasteiger partial charge in [0.25, 0.3) is 5.91 Å². The molecule has 0 atom stereocenters. The number of carbonyl (C=O) groups is 1. The van der Waals surface area contributed by atoms with Crippen LogP contribution in [0.3, 0.4) is 0 Å². The average molecular weight is 554 g/mol. The Labute approximate surface area is 206 Å². The molecule has 8 heteroatoms. The summed E-state index contributed by atoms with van der Waals surface area (Å²) in [4.78, 5) is 17.9. The lowest BCUT2D eigenvalue weighted by molar-refractivity contribution is -0.130. The summed E-state index contributed by atoms with van der Waals surface area (Å²) in [5, 5.41) is 6.63. The van der Waals surface area contributed by atoms with Crippen molar-refractivity contribution in [3.63, 3.8) is 0 Å². The van der Waals surface area contributed by atoms with Gasteiger partial charge < -0.3 is 20.3 Å². The highest BCUT2D eigenvalue weighted by Crippen LogP contribution is 2.48. The summed E-state index contributed by atoms with van der Waals surface area (Å²) in [6, 6.07) is 14.6. The molecule has 0 unspecified atom stereocenters. The van der Waals surface area contributed by atoms with Crippen LogP contribution in [0.25, 0.3) is 0 Å². The standard InChI is InChI=1S/C24H31FN4O2.HI/c1-4-26-23(28-17-24(12-13-24)20-10-5-6-11-21(20)25)27-15-18-8-7-9-19(14-18)31-16-22(30)29(2)3;/h5-11,14H,4,12-13,15-17H2,1-3H3,(H2,26,27,28);1H. The van der Waals surface area contributed by atoms with Crippen molar-refractivity contribution < 1.29 is 13.9 Å². The second-order valence-corrected chi connectivity index (χ2v) is 8.03. The van der Waals surface area contributed by atoms with Crippen molar-refractivity contribution in [1.82, 2.24) is 15.5 Å². The SMILES string of the molecule is CCNC(=NCc1cccc(OCC(=O)N(C)C)c1)NCC1(c2ccccc2F)CC1.I. The molecule has 0 bridgehead atoms. The third-order valence-electron chi connectivity index (χ3n) is 5.42. The van der Waals surface area contributed by atoms with E-state index in [0.29, 0.717) is 24.8 Å². The van der Waals surface area contributed by atoms with Crippen LogP contribution in [0, 0.1) is 5.82 Å². The Hall–Kier alpha value is -2.36. The highest BCUT2D eigenvalue weighted by Gasteiger charge is 2.45. The second-order valence-electron chi connectivity index (χ2n) is 8.03. The highest BCUT2D eigenvalue weighted by atomic mass is 127. The molecule has 6 nitrogen and oxygen atoms in total. The van der Waals surface area contributed by atoms with Crippen molar-refractivity contribution in [2.24, 2.45) is 4.99 Å². The van der Waals surface area contributed by atoms with Crippen LogP contribution in [-0.2, 0) is 16.8 Å². The average Bonchev–Trinajstić information content (AvgIpc) is 3.55. The fourth-order valence-corrected chi connectivity index (χ4v) is 3.36. The monoisotopic (exact) mass is 554 g/mol. The van der Waals surface area contributed by atoms with Gasteiger partial charge in [0, 0.05) is 32.6 Å². The fourth-order valence-electron chi connectivity index (χ4n) is 3.36. The van der Waals surface area contributed by atoms with E-state index in [1.807, 2.05) is 43.3 Å². The summed E-state index contributed by atoms with van der Waals surface area (Å²) in [7, 11) is 3.40. The first-order valence-electron chi connectivity index (χ1n) is 10.6. The summed E-state index contributed by atoms with van der Waals surface area (Å²) in [5.41, 5.74) is 1.59. The van der Waals surface area contributed by atoms with Crippen LogP contribution >= 0.6 is 24.0 Å². The normalized spacial score (nSPS) is 14.2. The van der Waals surface area contributed by atoms with Crippen molar-refractivity contribution in [2.45, 2.75) is 31.7 Å². The number of carbonyl (C=O) groups excluding carboxylic acids is 1. The maximum atomic E-state index is 14.3. The van der Waals surface area contributed by atoms with Gasteiger partial charge in [0.1, 0.15) is 11.6 Å². The van der Waals surface area contributed by atoms with Crippen LogP contribution in [-0.4, -0.2) is 50.6 Å². The van der Waals surface area contributed by atoms with Gasteiger partial charge in [0.2, 0.25) is 0 Å². The van der Waals surface area contributed by atoms with Crippen molar-refractivity contribution in [3.8, 4) is 5.75 Å². The smallest absolute Gasteiger partial charge is 0.259 e. The van der Waals surface area contributed by atoms with E-state index in [0.717, 1.165) is 30.5 Å². The van der Waals surface area contributed by atoms with Crippen LogP contribution in [0.5, 0.6) is 5.75 Å². The molecule has 3 rings (SSSR count). The van der Waals surface area contributed by atoms with E-state index in [4.69, 9.17) is 4.74 Å². The molecule has 1 saturated carbocycles. The van der Waals surface area contributed by atoms with Crippen LogP contribution < -0.4 is 15.4 Å². The molecule has 1 aliphatic carbocycles. The Bertz CT molecular complexity index is 932. The van der Waals surface area contributed by atoms with Gasteiger partial charge in [-0.05, 0) is 49.1 Å². The van der Waals surface area contributed by atoms with Gasteiger partial charge in [-0.1, -0.05) is 30.3 Å². The summed E-state index contributed by atoms with van der Waals surface area (Å²) < 4.78 is 19.8. The highest BCUT2D eigenvalue weighted by molar-refractivity contribution is 14.0. The quantitative estimate of drug-likeness (QED) is 0.282. The maximum Gasteiger partial charge on any atom is 0.259 e. The van der Waals surface area contributed by atoms with Gasteiger partial charge in [0.15, 0.2) is 12.6 Å².